The van der Waals surface area contributed by atoms with E-state index >= 15 is 0 Å². The van der Waals surface area contributed by atoms with Crippen molar-refractivity contribution >= 4 is 23.5 Å². The molecule has 2 amide bonds. The van der Waals surface area contributed by atoms with Crippen molar-refractivity contribution in [3.63, 3.8) is 0 Å². The van der Waals surface area contributed by atoms with Gasteiger partial charge in [-0.2, -0.15) is 0 Å². The van der Waals surface area contributed by atoms with Crippen molar-refractivity contribution < 1.29 is 19.5 Å². The van der Waals surface area contributed by atoms with Gasteiger partial charge in [-0.1, -0.05) is 27.7 Å². The Morgan fingerprint density at radius 3 is 2.12 bits per heavy atom. The predicted octanol–water partition coefficient (Wildman–Crippen LogP) is 3.24. The average molecular weight is 360 g/mol. The van der Waals surface area contributed by atoms with E-state index in [2.05, 4.69) is 5.32 Å². The summed E-state index contributed by atoms with van der Waals surface area (Å²) in [7, 11) is 0. The van der Waals surface area contributed by atoms with E-state index < -0.39 is 5.97 Å². The van der Waals surface area contributed by atoms with Crippen LogP contribution in [0.3, 0.4) is 0 Å². The lowest BCUT2D eigenvalue weighted by Gasteiger charge is -2.30. The average Bonchev–Trinajstić information content (AvgIpc) is 2.60. The van der Waals surface area contributed by atoms with Crippen LogP contribution in [0, 0.1) is 17.3 Å². The standard InChI is InChI=1S/C20H28N2O4/c1-13(20(2,3)4)17(23)21-16-7-5-14(6-8-16)18(24)22-11-9-15(10-12-22)19(25)26/h5-8,13,15H,9-12H2,1-4H3,(H,21,23)(H,25,26). The fourth-order valence-corrected chi connectivity index (χ4v) is 2.85. The Hall–Kier alpha value is -2.37. The van der Waals surface area contributed by atoms with E-state index in [9.17, 15) is 14.4 Å². The van der Waals surface area contributed by atoms with Gasteiger partial charge in [0.2, 0.25) is 5.91 Å². The van der Waals surface area contributed by atoms with E-state index in [1.54, 1.807) is 29.2 Å². The molecular formula is C20H28N2O4. The minimum atomic E-state index is -0.790. The van der Waals surface area contributed by atoms with E-state index in [-0.39, 0.29) is 29.1 Å². The Kier molecular flexibility index (Phi) is 6.05. The highest BCUT2D eigenvalue weighted by molar-refractivity contribution is 5.96. The van der Waals surface area contributed by atoms with Crippen LogP contribution in [0.4, 0.5) is 5.69 Å². The van der Waals surface area contributed by atoms with Gasteiger partial charge in [0.05, 0.1) is 5.92 Å². The first kappa shape index (κ1) is 19.9. The van der Waals surface area contributed by atoms with E-state index in [0.29, 0.717) is 37.2 Å². The van der Waals surface area contributed by atoms with Crippen molar-refractivity contribution in [3.8, 4) is 0 Å². The zero-order chi connectivity index (χ0) is 19.5. The van der Waals surface area contributed by atoms with Crippen LogP contribution >= 0.6 is 0 Å². The minimum absolute atomic E-state index is 0.0488. The van der Waals surface area contributed by atoms with Crippen molar-refractivity contribution in [2.75, 3.05) is 18.4 Å². The van der Waals surface area contributed by atoms with Gasteiger partial charge in [-0.15, -0.1) is 0 Å². The molecule has 0 radical (unpaired) electrons. The summed E-state index contributed by atoms with van der Waals surface area (Å²) in [5.74, 6) is -1.44. The number of likely N-dealkylation sites (tertiary alicyclic amines) is 1. The van der Waals surface area contributed by atoms with Gasteiger partial charge in [0.15, 0.2) is 0 Å². The lowest BCUT2D eigenvalue weighted by atomic mass is 9.81. The Morgan fingerprint density at radius 2 is 1.65 bits per heavy atom. The summed E-state index contributed by atoms with van der Waals surface area (Å²) in [5, 5.41) is 11.9. The largest absolute Gasteiger partial charge is 0.481 e. The number of hydrogen-bond donors (Lipinski definition) is 2. The summed E-state index contributed by atoms with van der Waals surface area (Å²) < 4.78 is 0. The lowest BCUT2D eigenvalue weighted by molar-refractivity contribution is -0.143. The SMILES string of the molecule is CC(C(=O)Nc1ccc(C(=O)N2CCC(C(=O)O)CC2)cc1)C(C)(C)C. The van der Waals surface area contributed by atoms with Gasteiger partial charge >= 0.3 is 5.97 Å². The quantitative estimate of drug-likeness (QED) is 0.863. The van der Waals surface area contributed by atoms with Crippen LogP contribution in [0.15, 0.2) is 24.3 Å². The van der Waals surface area contributed by atoms with Crippen LogP contribution in [0.2, 0.25) is 0 Å². The molecule has 1 fully saturated rings. The molecule has 0 aromatic heterocycles. The van der Waals surface area contributed by atoms with Crippen LogP contribution in [-0.2, 0) is 9.59 Å². The second kappa shape index (κ2) is 7.89. The number of amides is 2. The third-order valence-corrected chi connectivity index (χ3v) is 5.22. The first-order valence-corrected chi connectivity index (χ1v) is 9.02. The fourth-order valence-electron chi connectivity index (χ4n) is 2.85. The highest BCUT2D eigenvalue weighted by Crippen LogP contribution is 2.26. The van der Waals surface area contributed by atoms with Gasteiger partial charge in [0.25, 0.3) is 5.91 Å². The number of carbonyl (C=O) groups excluding carboxylic acids is 2. The van der Waals surface area contributed by atoms with Crippen LogP contribution < -0.4 is 5.32 Å². The number of carboxylic acids is 1. The molecule has 26 heavy (non-hydrogen) atoms. The molecule has 1 saturated heterocycles. The second-order valence-electron chi connectivity index (χ2n) is 8.06. The molecule has 2 N–H and O–H groups in total. The van der Waals surface area contributed by atoms with Crippen LogP contribution in [0.5, 0.6) is 0 Å². The van der Waals surface area contributed by atoms with Gasteiger partial charge in [-0.25, -0.2) is 0 Å². The second-order valence-corrected chi connectivity index (χ2v) is 8.06. The Bertz CT molecular complexity index is 668. The normalized spacial score (nSPS) is 16.8. The number of hydrogen-bond acceptors (Lipinski definition) is 3. The molecule has 2 rings (SSSR count). The Morgan fingerprint density at radius 1 is 1.12 bits per heavy atom. The summed E-state index contributed by atoms with van der Waals surface area (Å²) in [4.78, 5) is 37.5. The number of anilines is 1. The van der Waals surface area contributed by atoms with Crippen LogP contribution in [-0.4, -0.2) is 40.9 Å². The monoisotopic (exact) mass is 360 g/mol. The number of benzene rings is 1. The Labute approximate surface area is 154 Å². The smallest absolute Gasteiger partial charge is 0.306 e. The molecule has 1 aliphatic heterocycles. The molecule has 1 heterocycles. The number of aliphatic carboxylic acids is 1. The molecule has 0 saturated carbocycles. The molecule has 1 unspecified atom stereocenters. The summed E-state index contributed by atoms with van der Waals surface area (Å²) in [6.45, 7) is 8.87. The summed E-state index contributed by atoms with van der Waals surface area (Å²) >= 11 is 0. The Balaban J connectivity index is 1.96. The topological polar surface area (TPSA) is 86.7 Å². The molecule has 1 aromatic carbocycles. The van der Waals surface area contributed by atoms with Gasteiger partial charge in [-0.3, -0.25) is 14.4 Å². The molecule has 0 aliphatic carbocycles. The molecule has 0 spiro atoms. The van der Waals surface area contributed by atoms with E-state index in [4.69, 9.17) is 5.11 Å². The number of nitrogens with zero attached hydrogens (tertiary/aromatic N) is 1. The molecule has 6 heteroatoms. The number of carboxylic acid groups (broad SMARTS) is 1. The first-order chi connectivity index (χ1) is 12.1. The lowest BCUT2D eigenvalue weighted by Crippen LogP contribution is -2.40. The zero-order valence-corrected chi connectivity index (χ0v) is 15.9. The number of nitrogens with one attached hydrogen (secondary N) is 1. The van der Waals surface area contributed by atoms with Gasteiger partial charge in [-0.05, 0) is 42.5 Å². The number of rotatable bonds is 4. The van der Waals surface area contributed by atoms with E-state index in [1.807, 2.05) is 27.7 Å². The molecular weight excluding hydrogens is 332 g/mol. The third-order valence-electron chi connectivity index (χ3n) is 5.22. The maximum Gasteiger partial charge on any atom is 0.306 e. The zero-order valence-electron chi connectivity index (χ0n) is 15.9. The molecule has 6 nitrogen and oxygen atoms in total. The molecule has 1 aromatic rings. The van der Waals surface area contributed by atoms with Gasteiger partial charge in [0, 0.05) is 30.3 Å². The summed E-state index contributed by atoms with van der Waals surface area (Å²) in [5.41, 5.74) is 1.08. The van der Waals surface area contributed by atoms with Crippen LogP contribution in [0.25, 0.3) is 0 Å². The van der Waals surface area contributed by atoms with Crippen molar-refractivity contribution in [3.05, 3.63) is 29.8 Å². The third kappa shape index (κ3) is 4.84. The van der Waals surface area contributed by atoms with Crippen molar-refractivity contribution in [2.24, 2.45) is 17.3 Å². The van der Waals surface area contributed by atoms with Crippen molar-refractivity contribution in [2.45, 2.75) is 40.5 Å². The molecule has 142 valence electrons. The number of carbonyl (C=O) groups is 3. The molecule has 0 bridgehead atoms. The van der Waals surface area contributed by atoms with Crippen molar-refractivity contribution in [1.29, 1.82) is 0 Å². The molecule has 1 aliphatic rings. The van der Waals surface area contributed by atoms with E-state index in [1.165, 1.54) is 0 Å². The minimum Gasteiger partial charge on any atom is -0.481 e. The maximum absolute atomic E-state index is 12.5. The molecule has 1 atom stereocenters. The summed E-state index contributed by atoms with van der Waals surface area (Å²) in [6, 6.07) is 6.85. The highest BCUT2D eigenvalue weighted by atomic mass is 16.4. The maximum atomic E-state index is 12.5. The number of piperidine rings is 1. The van der Waals surface area contributed by atoms with Gasteiger partial charge in [0.1, 0.15) is 0 Å². The van der Waals surface area contributed by atoms with Crippen molar-refractivity contribution in [1.82, 2.24) is 4.90 Å². The predicted molar refractivity (Wildman–Crippen MR) is 100.0 cm³/mol. The van der Waals surface area contributed by atoms with E-state index in [0.717, 1.165) is 0 Å². The fraction of sp³-hybridized carbons (Fsp3) is 0.550. The van der Waals surface area contributed by atoms with Crippen LogP contribution in [0.1, 0.15) is 50.9 Å². The van der Waals surface area contributed by atoms with Gasteiger partial charge < -0.3 is 15.3 Å². The summed E-state index contributed by atoms with van der Waals surface area (Å²) in [6.07, 6.45) is 0.972. The highest BCUT2D eigenvalue weighted by Gasteiger charge is 2.28. The first-order valence-electron chi connectivity index (χ1n) is 9.02.